The van der Waals surface area contributed by atoms with E-state index < -0.39 is 23.0 Å². The van der Waals surface area contributed by atoms with Crippen molar-refractivity contribution in [1.82, 2.24) is 10.6 Å². The molecule has 0 aliphatic rings. The van der Waals surface area contributed by atoms with E-state index in [-0.39, 0.29) is 18.9 Å². The van der Waals surface area contributed by atoms with Crippen LogP contribution in [-0.2, 0) is 9.53 Å². The number of aromatic hydroxyl groups is 1. The number of carbonyl (C=O) groups excluding carboxylic acids is 2. The lowest BCUT2D eigenvalue weighted by Gasteiger charge is -2.08. The quantitative estimate of drug-likeness (QED) is 0.633. The molecule has 0 atom stereocenters. The molecule has 3 N–H and O–H groups in total. The number of halogens is 1. The van der Waals surface area contributed by atoms with Gasteiger partial charge >= 0.3 is 0 Å². The Morgan fingerprint density at radius 1 is 1.30 bits per heavy atom. The summed E-state index contributed by atoms with van der Waals surface area (Å²) in [5.41, 5.74) is -0.424. The first kappa shape index (κ1) is 15.9. The highest BCUT2D eigenvalue weighted by molar-refractivity contribution is 5.97. The van der Waals surface area contributed by atoms with Crippen LogP contribution >= 0.6 is 0 Å². The maximum atomic E-state index is 13.4. The molecule has 0 heterocycles. The second-order valence-corrected chi connectivity index (χ2v) is 3.98. The molecule has 1 aromatic rings. The summed E-state index contributed by atoms with van der Waals surface area (Å²) in [5, 5.41) is 14.4. The first-order valence-electron chi connectivity index (χ1n) is 6.07. The van der Waals surface area contributed by atoms with Crippen molar-refractivity contribution in [3.05, 3.63) is 29.6 Å². The summed E-state index contributed by atoms with van der Waals surface area (Å²) < 4.78 is 18.1. The molecule has 0 bridgehead atoms. The third-order valence-corrected chi connectivity index (χ3v) is 2.48. The molecule has 0 saturated heterocycles. The molecule has 7 heteroatoms. The van der Waals surface area contributed by atoms with Gasteiger partial charge in [0, 0.05) is 26.6 Å². The fraction of sp³-hybridized carbons (Fsp3) is 0.385. The van der Waals surface area contributed by atoms with Crippen LogP contribution in [0.15, 0.2) is 18.2 Å². The lowest BCUT2D eigenvalue weighted by molar-refractivity contribution is -0.121. The summed E-state index contributed by atoms with van der Waals surface area (Å²) in [6.07, 6.45) is 0.0602. The topological polar surface area (TPSA) is 87.7 Å². The standard InChI is InChI=1S/C13H17FN2O4/c1-20-8-7-15-11(18)5-6-16-13(19)12-9(14)3-2-4-10(12)17/h2-4,17H,5-8H2,1H3,(H,15,18)(H,16,19). The Hall–Kier alpha value is -2.15. The van der Waals surface area contributed by atoms with Gasteiger partial charge in [-0.1, -0.05) is 6.07 Å². The third kappa shape index (κ3) is 4.85. The van der Waals surface area contributed by atoms with Crippen molar-refractivity contribution in [3.8, 4) is 5.75 Å². The Morgan fingerprint density at radius 2 is 2.05 bits per heavy atom. The number of carbonyl (C=O) groups is 2. The largest absolute Gasteiger partial charge is 0.507 e. The van der Waals surface area contributed by atoms with E-state index in [4.69, 9.17) is 4.74 Å². The molecule has 20 heavy (non-hydrogen) atoms. The molecule has 0 aromatic heterocycles. The van der Waals surface area contributed by atoms with Crippen LogP contribution in [0.2, 0.25) is 0 Å². The van der Waals surface area contributed by atoms with E-state index in [9.17, 15) is 19.1 Å². The molecule has 2 amide bonds. The van der Waals surface area contributed by atoms with Crippen molar-refractivity contribution < 1.29 is 23.8 Å². The molecule has 0 spiro atoms. The zero-order valence-corrected chi connectivity index (χ0v) is 11.1. The van der Waals surface area contributed by atoms with E-state index >= 15 is 0 Å². The van der Waals surface area contributed by atoms with Gasteiger partial charge in [-0.3, -0.25) is 9.59 Å². The number of ether oxygens (including phenoxy) is 1. The summed E-state index contributed by atoms with van der Waals surface area (Å²) in [4.78, 5) is 23.0. The number of rotatable bonds is 7. The normalized spacial score (nSPS) is 10.1. The molecule has 0 aliphatic carbocycles. The Bertz CT molecular complexity index is 459. The minimum atomic E-state index is -0.813. The Balaban J connectivity index is 2.39. The molecular weight excluding hydrogens is 267 g/mol. The van der Waals surface area contributed by atoms with Crippen LogP contribution in [0.25, 0.3) is 0 Å². The lowest BCUT2D eigenvalue weighted by Crippen LogP contribution is -2.32. The van der Waals surface area contributed by atoms with Crippen molar-refractivity contribution in [3.63, 3.8) is 0 Å². The molecule has 6 nitrogen and oxygen atoms in total. The van der Waals surface area contributed by atoms with Crippen LogP contribution in [0.3, 0.4) is 0 Å². The average Bonchev–Trinajstić information content (AvgIpc) is 2.39. The first-order chi connectivity index (χ1) is 9.56. The molecule has 1 aromatic carbocycles. The van der Waals surface area contributed by atoms with Crippen molar-refractivity contribution in [2.75, 3.05) is 26.8 Å². The zero-order valence-electron chi connectivity index (χ0n) is 11.1. The molecule has 0 unspecified atom stereocenters. The summed E-state index contributed by atoms with van der Waals surface area (Å²) in [6, 6.07) is 3.59. The summed E-state index contributed by atoms with van der Waals surface area (Å²) in [6.45, 7) is 0.837. The van der Waals surface area contributed by atoms with Crippen LogP contribution in [0, 0.1) is 5.82 Å². The molecule has 110 valence electrons. The zero-order chi connectivity index (χ0) is 15.0. The maximum Gasteiger partial charge on any atom is 0.258 e. The van der Waals surface area contributed by atoms with Crippen LogP contribution in [0.4, 0.5) is 4.39 Å². The lowest BCUT2D eigenvalue weighted by atomic mass is 10.1. The minimum Gasteiger partial charge on any atom is -0.507 e. The van der Waals surface area contributed by atoms with Gasteiger partial charge in [-0.25, -0.2) is 4.39 Å². The highest BCUT2D eigenvalue weighted by Crippen LogP contribution is 2.19. The highest BCUT2D eigenvalue weighted by Gasteiger charge is 2.16. The second kappa shape index (κ2) is 8.11. The minimum absolute atomic E-state index is 0.0470. The van der Waals surface area contributed by atoms with Gasteiger partial charge in [0.2, 0.25) is 5.91 Å². The van der Waals surface area contributed by atoms with Crippen molar-refractivity contribution in [1.29, 1.82) is 0 Å². The smallest absolute Gasteiger partial charge is 0.258 e. The maximum absolute atomic E-state index is 13.4. The second-order valence-electron chi connectivity index (χ2n) is 3.98. The van der Waals surface area contributed by atoms with Crippen molar-refractivity contribution in [2.45, 2.75) is 6.42 Å². The van der Waals surface area contributed by atoms with Gasteiger partial charge in [0.1, 0.15) is 17.1 Å². The molecule has 0 fully saturated rings. The monoisotopic (exact) mass is 284 g/mol. The summed E-state index contributed by atoms with van der Waals surface area (Å²) in [7, 11) is 1.52. The van der Waals surface area contributed by atoms with Crippen LogP contribution in [-0.4, -0.2) is 43.7 Å². The molecule has 0 radical (unpaired) electrons. The van der Waals surface area contributed by atoms with E-state index in [0.29, 0.717) is 13.2 Å². The van der Waals surface area contributed by atoms with E-state index in [0.717, 1.165) is 6.07 Å². The molecule has 0 saturated carbocycles. The van der Waals surface area contributed by atoms with E-state index in [2.05, 4.69) is 10.6 Å². The van der Waals surface area contributed by atoms with Crippen molar-refractivity contribution in [2.24, 2.45) is 0 Å². The molecular formula is C13H17FN2O4. The first-order valence-corrected chi connectivity index (χ1v) is 6.07. The van der Waals surface area contributed by atoms with Gasteiger partial charge in [0.05, 0.1) is 6.61 Å². The van der Waals surface area contributed by atoms with Crippen LogP contribution in [0.1, 0.15) is 16.8 Å². The van der Waals surface area contributed by atoms with Gasteiger partial charge < -0.3 is 20.5 Å². The van der Waals surface area contributed by atoms with E-state index in [1.807, 2.05) is 0 Å². The SMILES string of the molecule is COCCNC(=O)CCNC(=O)c1c(O)cccc1F. The number of phenolic OH excluding ortho intramolecular Hbond substituents is 1. The Kier molecular flexibility index (Phi) is 6.45. The highest BCUT2D eigenvalue weighted by atomic mass is 19.1. The molecule has 0 aliphatic heterocycles. The number of nitrogens with one attached hydrogen (secondary N) is 2. The van der Waals surface area contributed by atoms with Crippen LogP contribution in [0.5, 0.6) is 5.75 Å². The number of amides is 2. The average molecular weight is 284 g/mol. The van der Waals surface area contributed by atoms with E-state index in [1.54, 1.807) is 0 Å². The summed E-state index contributed by atoms with van der Waals surface area (Å²) in [5.74, 6) is -2.26. The fourth-order valence-electron chi connectivity index (χ4n) is 1.50. The van der Waals surface area contributed by atoms with Gasteiger partial charge in [0.15, 0.2) is 0 Å². The number of hydrogen-bond acceptors (Lipinski definition) is 4. The van der Waals surface area contributed by atoms with Gasteiger partial charge in [-0.05, 0) is 12.1 Å². The van der Waals surface area contributed by atoms with Gasteiger partial charge in [0.25, 0.3) is 5.91 Å². The Morgan fingerprint density at radius 3 is 2.70 bits per heavy atom. The number of phenols is 1. The fourth-order valence-corrected chi connectivity index (χ4v) is 1.50. The predicted octanol–water partition coefficient (Wildman–Crippen LogP) is 0.414. The third-order valence-electron chi connectivity index (χ3n) is 2.48. The van der Waals surface area contributed by atoms with Crippen LogP contribution < -0.4 is 10.6 Å². The summed E-state index contributed by atoms with van der Waals surface area (Å²) >= 11 is 0. The van der Waals surface area contributed by atoms with E-state index in [1.165, 1.54) is 19.2 Å². The number of hydrogen-bond donors (Lipinski definition) is 3. The number of benzene rings is 1. The Labute approximate surface area is 115 Å². The number of methoxy groups -OCH3 is 1. The van der Waals surface area contributed by atoms with Gasteiger partial charge in [-0.15, -0.1) is 0 Å². The van der Waals surface area contributed by atoms with Crippen molar-refractivity contribution >= 4 is 11.8 Å². The molecule has 1 rings (SSSR count). The van der Waals surface area contributed by atoms with Gasteiger partial charge in [-0.2, -0.15) is 0 Å². The predicted molar refractivity (Wildman–Crippen MR) is 69.9 cm³/mol.